The van der Waals surface area contributed by atoms with Crippen molar-refractivity contribution in [1.82, 2.24) is 0 Å². The van der Waals surface area contributed by atoms with Crippen molar-refractivity contribution in [2.24, 2.45) is 0 Å². The van der Waals surface area contributed by atoms with Gasteiger partial charge in [0.1, 0.15) is 0 Å². The predicted molar refractivity (Wildman–Crippen MR) is 69.1 cm³/mol. The number of para-hydroxylation sites is 1. The zero-order valence-corrected chi connectivity index (χ0v) is 9.37. The molecule has 0 radical (unpaired) electrons. The third-order valence-electron chi connectivity index (χ3n) is 2.36. The Labute approximate surface area is 103 Å². The van der Waals surface area contributed by atoms with E-state index in [1.807, 2.05) is 18.2 Å². The number of hydrogen-bond acceptors (Lipinski definition) is 4. The SMILES string of the molecule is O=c1ccc([N+](=O)[O-])ccc1Nc1ccccc1. The van der Waals surface area contributed by atoms with Crippen molar-refractivity contribution in [1.29, 1.82) is 0 Å². The number of nitrogens with zero attached hydrogens (tertiary/aromatic N) is 1. The lowest BCUT2D eigenvalue weighted by Crippen LogP contribution is -2.03. The summed E-state index contributed by atoms with van der Waals surface area (Å²) in [6, 6.07) is 14.2. The Bertz CT molecular complexity index is 627. The minimum Gasteiger partial charge on any atom is -0.352 e. The molecule has 1 N–H and O–H groups in total. The van der Waals surface area contributed by atoms with E-state index in [1.165, 1.54) is 24.3 Å². The first-order valence-corrected chi connectivity index (χ1v) is 5.27. The Morgan fingerprint density at radius 3 is 2.28 bits per heavy atom. The third kappa shape index (κ3) is 2.70. The van der Waals surface area contributed by atoms with Crippen molar-refractivity contribution in [3.8, 4) is 0 Å². The Morgan fingerprint density at radius 1 is 0.944 bits per heavy atom. The quantitative estimate of drug-likeness (QED) is 0.663. The molecule has 0 unspecified atom stereocenters. The Kier molecular flexibility index (Phi) is 3.33. The molecule has 0 amide bonds. The maximum Gasteiger partial charge on any atom is 0.269 e. The molecule has 2 aromatic rings. The molecule has 0 aliphatic heterocycles. The summed E-state index contributed by atoms with van der Waals surface area (Å²) in [5, 5.41) is 13.5. The molecule has 2 aromatic carbocycles. The van der Waals surface area contributed by atoms with Crippen LogP contribution in [-0.2, 0) is 0 Å². The minimum absolute atomic E-state index is 0.117. The van der Waals surface area contributed by atoms with E-state index in [9.17, 15) is 14.9 Å². The number of nitrogens with one attached hydrogen (secondary N) is 1. The van der Waals surface area contributed by atoms with Crippen LogP contribution in [0.2, 0.25) is 0 Å². The summed E-state index contributed by atoms with van der Waals surface area (Å²) in [6.45, 7) is 0. The van der Waals surface area contributed by atoms with Crippen LogP contribution in [0.15, 0.2) is 59.4 Å². The lowest BCUT2D eigenvalue weighted by Gasteiger charge is -2.02. The fraction of sp³-hybridized carbons (Fsp3) is 0. The van der Waals surface area contributed by atoms with Crippen LogP contribution in [0.3, 0.4) is 0 Å². The first-order chi connectivity index (χ1) is 8.66. The van der Waals surface area contributed by atoms with Crippen LogP contribution in [0.1, 0.15) is 0 Å². The van der Waals surface area contributed by atoms with Gasteiger partial charge in [-0.3, -0.25) is 14.9 Å². The Hall–Kier alpha value is -2.69. The molecule has 0 bridgehead atoms. The second-order valence-electron chi connectivity index (χ2n) is 3.62. The first kappa shape index (κ1) is 11.8. The van der Waals surface area contributed by atoms with E-state index >= 15 is 0 Å². The molecule has 5 nitrogen and oxygen atoms in total. The molecule has 5 heteroatoms. The van der Waals surface area contributed by atoms with Crippen LogP contribution in [-0.4, -0.2) is 4.92 Å². The first-order valence-electron chi connectivity index (χ1n) is 5.27. The zero-order chi connectivity index (χ0) is 13.0. The molecule has 2 rings (SSSR count). The van der Waals surface area contributed by atoms with Crippen molar-refractivity contribution >= 4 is 17.1 Å². The normalized spacial score (nSPS) is 9.78. The number of anilines is 2. The summed E-state index contributed by atoms with van der Waals surface area (Å²) in [6.07, 6.45) is 0. The smallest absolute Gasteiger partial charge is 0.269 e. The van der Waals surface area contributed by atoms with Gasteiger partial charge in [0.05, 0.1) is 10.6 Å². The molecule has 0 saturated carbocycles. The summed E-state index contributed by atoms with van der Waals surface area (Å²) in [5.41, 5.74) is 0.637. The summed E-state index contributed by atoms with van der Waals surface area (Å²) in [4.78, 5) is 21.8. The lowest BCUT2D eigenvalue weighted by atomic mass is 10.3. The molecule has 0 aliphatic carbocycles. The number of nitro groups is 1. The summed E-state index contributed by atoms with van der Waals surface area (Å²) in [5.74, 6) is 0. The Balaban J connectivity index is 2.38. The molecule has 0 spiro atoms. The van der Waals surface area contributed by atoms with Crippen LogP contribution in [0.5, 0.6) is 0 Å². The molecule has 90 valence electrons. The van der Waals surface area contributed by atoms with E-state index in [1.54, 1.807) is 12.1 Å². The highest BCUT2D eigenvalue weighted by Gasteiger charge is 2.04. The number of hydrogen-bond donors (Lipinski definition) is 1. The fourth-order valence-electron chi connectivity index (χ4n) is 1.46. The van der Waals surface area contributed by atoms with Crippen LogP contribution in [0.4, 0.5) is 17.1 Å². The van der Waals surface area contributed by atoms with Crippen LogP contribution >= 0.6 is 0 Å². The molecular formula is C13H10N2O3. The predicted octanol–water partition coefficient (Wildman–Crippen LogP) is 2.70. The van der Waals surface area contributed by atoms with E-state index in [0.717, 1.165) is 5.69 Å². The highest BCUT2D eigenvalue weighted by Crippen LogP contribution is 2.14. The topological polar surface area (TPSA) is 72.2 Å². The van der Waals surface area contributed by atoms with Crippen molar-refractivity contribution in [2.75, 3.05) is 5.32 Å². The van der Waals surface area contributed by atoms with Gasteiger partial charge in [0, 0.05) is 17.8 Å². The van der Waals surface area contributed by atoms with Gasteiger partial charge < -0.3 is 5.32 Å². The van der Waals surface area contributed by atoms with E-state index in [-0.39, 0.29) is 11.1 Å². The highest BCUT2D eigenvalue weighted by molar-refractivity contribution is 5.59. The van der Waals surface area contributed by atoms with Crippen LogP contribution in [0.25, 0.3) is 0 Å². The summed E-state index contributed by atoms with van der Waals surface area (Å²) < 4.78 is 0. The average molecular weight is 242 g/mol. The third-order valence-corrected chi connectivity index (χ3v) is 2.36. The minimum atomic E-state index is -0.536. The van der Waals surface area contributed by atoms with Gasteiger partial charge in [-0.05, 0) is 24.3 Å². The Morgan fingerprint density at radius 2 is 1.61 bits per heavy atom. The van der Waals surface area contributed by atoms with Gasteiger partial charge >= 0.3 is 0 Å². The van der Waals surface area contributed by atoms with Gasteiger partial charge in [0.15, 0.2) is 0 Å². The molecule has 0 heterocycles. The van der Waals surface area contributed by atoms with E-state index in [0.29, 0.717) is 5.69 Å². The van der Waals surface area contributed by atoms with Crippen molar-refractivity contribution in [3.63, 3.8) is 0 Å². The largest absolute Gasteiger partial charge is 0.352 e. The lowest BCUT2D eigenvalue weighted by molar-refractivity contribution is -0.384. The van der Waals surface area contributed by atoms with E-state index < -0.39 is 4.92 Å². The monoisotopic (exact) mass is 242 g/mol. The average Bonchev–Trinajstić information content (AvgIpc) is 2.54. The van der Waals surface area contributed by atoms with Crippen molar-refractivity contribution in [2.45, 2.75) is 0 Å². The fourth-order valence-corrected chi connectivity index (χ4v) is 1.46. The zero-order valence-electron chi connectivity index (χ0n) is 9.37. The molecular weight excluding hydrogens is 232 g/mol. The van der Waals surface area contributed by atoms with Gasteiger partial charge in [-0.15, -0.1) is 0 Å². The van der Waals surface area contributed by atoms with Gasteiger partial charge in [-0.2, -0.15) is 0 Å². The molecule has 18 heavy (non-hydrogen) atoms. The molecule has 0 aliphatic rings. The number of benzene rings is 1. The molecule has 0 aromatic heterocycles. The van der Waals surface area contributed by atoms with Crippen LogP contribution in [0, 0.1) is 10.1 Å². The standard InChI is InChI=1S/C13H10N2O3/c16-13-9-7-11(15(17)18)6-8-12(13)14-10-4-2-1-3-5-10/h1-9H,(H,14,16). The van der Waals surface area contributed by atoms with E-state index in [2.05, 4.69) is 5.32 Å². The van der Waals surface area contributed by atoms with Crippen LogP contribution < -0.4 is 10.7 Å². The maximum absolute atomic E-state index is 11.7. The molecule has 0 atom stereocenters. The highest BCUT2D eigenvalue weighted by atomic mass is 16.6. The molecule has 0 saturated heterocycles. The van der Waals surface area contributed by atoms with Gasteiger partial charge in [-0.25, -0.2) is 0 Å². The van der Waals surface area contributed by atoms with Gasteiger partial charge in [0.25, 0.3) is 5.69 Å². The molecule has 0 fully saturated rings. The van der Waals surface area contributed by atoms with Crippen molar-refractivity contribution in [3.05, 3.63) is 74.9 Å². The van der Waals surface area contributed by atoms with Gasteiger partial charge in [-0.1, -0.05) is 18.2 Å². The maximum atomic E-state index is 11.7. The number of rotatable bonds is 3. The summed E-state index contributed by atoms with van der Waals surface area (Å²) in [7, 11) is 0. The van der Waals surface area contributed by atoms with E-state index in [4.69, 9.17) is 0 Å². The second-order valence-corrected chi connectivity index (χ2v) is 3.62. The van der Waals surface area contributed by atoms with Gasteiger partial charge in [0.2, 0.25) is 5.43 Å². The summed E-state index contributed by atoms with van der Waals surface area (Å²) >= 11 is 0. The second kappa shape index (κ2) is 5.09. The van der Waals surface area contributed by atoms with Crippen molar-refractivity contribution < 1.29 is 4.92 Å².